The molecule has 3 rings (SSSR count). The van der Waals surface area contributed by atoms with Gasteiger partial charge in [-0.3, -0.25) is 14.4 Å². The minimum atomic E-state index is -0.450. The van der Waals surface area contributed by atoms with Crippen molar-refractivity contribution in [1.82, 2.24) is 9.80 Å². The summed E-state index contributed by atoms with van der Waals surface area (Å²) in [5.41, 5.74) is 0. The molecule has 0 aliphatic carbocycles. The molecule has 1 aliphatic rings. The Balaban J connectivity index is 1.80. The second-order valence-electron chi connectivity index (χ2n) is 5.86. The Morgan fingerprint density at radius 1 is 1.17 bits per heavy atom. The van der Waals surface area contributed by atoms with Gasteiger partial charge in [-0.25, -0.2) is 0 Å². The Labute approximate surface area is 148 Å². The maximum Gasteiger partial charge on any atom is 0.296 e. The normalized spacial score (nSPS) is 17.1. The summed E-state index contributed by atoms with van der Waals surface area (Å²) in [5, 5.41) is 1.79. The van der Waals surface area contributed by atoms with Crippen LogP contribution in [0.1, 0.15) is 43.1 Å². The van der Waals surface area contributed by atoms with Crippen molar-refractivity contribution in [2.24, 2.45) is 0 Å². The van der Waals surface area contributed by atoms with E-state index in [-0.39, 0.29) is 11.9 Å². The van der Waals surface area contributed by atoms with E-state index in [0.717, 1.165) is 17.7 Å². The van der Waals surface area contributed by atoms with Crippen molar-refractivity contribution in [2.75, 3.05) is 20.6 Å². The molecule has 2 amide bonds. The summed E-state index contributed by atoms with van der Waals surface area (Å²) in [6, 6.07) is 7.02. The van der Waals surface area contributed by atoms with Gasteiger partial charge in [0, 0.05) is 25.5 Å². The number of ketones is 1. The Hall–Kier alpha value is -1.99. The number of nitrogens with zero attached hydrogens (tertiary/aromatic N) is 2. The SMILES string of the molecule is CN(C)C(=O)c1ccc([C@@H]2CCCN2C(=O)C(=O)c2cccs2)s1. The average Bonchev–Trinajstić information content (AvgIpc) is 3.32. The standard InChI is InChI=1S/C17H18N2O3S2/c1-18(2)16(21)14-8-7-12(24-14)11-5-3-9-19(11)17(22)15(20)13-6-4-10-23-13/h4,6-8,10-11H,3,5,9H2,1-2H3/t11-/m0/s1. The Morgan fingerprint density at radius 3 is 2.62 bits per heavy atom. The molecule has 2 aromatic rings. The molecule has 1 saturated heterocycles. The van der Waals surface area contributed by atoms with E-state index in [9.17, 15) is 14.4 Å². The highest BCUT2D eigenvalue weighted by Crippen LogP contribution is 2.36. The van der Waals surface area contributed by atoms with Crippen molar-refractivity contribution in [2.45, 2.75) is 18.9 Å². The largest absolute Gasteiger partial charge is 0.344 e. The fraction of sp³-hybridized carbons (Fsp3) is 0.353. The highest BCUT2D eigenvalue weighted by molar-refractivity contribution is 7.14. The number of likely N-dealkylation sites (tertiary alicyclic amines) is 1. The number of hydrogen-bond acceptors (Lipinski definition) is 5. The monoisotopic (exact) mass is 362 g/mol. The van der Waals surface area contributed by atoms with Gasteiger partial charge in [-0.15, -0.1) is 22.7 Å². The quantitative estimate of drug-likeness (QED) is 0.620. The number of rotatable bonds is 4. The van der Waals surface area contributed by atoms with Crippen molar-refractivity contribution in [3.63, 3.8) is 0 Å². The number of Topliss-reactive ketones (excluding diaryl/α,β-unsaturated/α-hetero) is 1. The van der Waals surface area contributed by atoms with E-state index >= 15 is 0 Å². The molecule has 0 unspecified atom stereocenters. The molecule has 24 heavy (non-hydrogen) atoms. The second kappa shape index (κ2) is 6.86. The van der Waals surface area contributed by atoms with E-state index in [1.807, 2.05) is 6.07 Å². The smallest absolute Gasteiger partial charge is 0.296 e. The third-order valence-corrected chi connectivity index (χ3v) is 6.07. The molecule has 0 saturated carbocycles. The first-order chi connectivity index (χ1) is 11.5. The molecule has 0 bridgehead atoms. The maximum absolute atomic E-state index is 12.6. The molecular weight excluding hydrogens is 344 g/mol. The molecule has 3 heterocycles. The van der Waals surface area contributed by atoms with Crippen molar-refractivity contribution >= 4 is 40.3 Å². The van der Waals surface area contributed by atoms with Crippen LogP contribution in [0.3, 0.4) is 0 Å². The van der Waals surface area contributed by atoms with E-state index in [1.165, 1.54) is 27.6 Å². The van der Waals surface area contributed by atoms with Crippen LogP contribution in [0.4, 0.5) is 0 Å². The van der Waals surface area contributed by atoms with E-state index in [1.54, 1.807) is 42.6 Å². The zero-order valence-electron chi connectivity index (χ0n) is 13.5. The molecule has 7 heteroatoms. The highest BCUT2D eigenvalue weighted by atomic mass is 32.1. The van der Waals surface area contributed by atoms with Gasteiger partial charge in [0.1, 0.15) is 0 Å². The lowest BCUT2D eigenvalue weighted by Gasteiger charge is -2.22. The van der Waals surface area contributed by atoms with Crippen LogP contribution in [-0.4, -0.2) is 48.0 Å². The van der Waals surface area contributed by atoms with Crippen LogP contribution in [-0.2, 0) is 4.79 Å². The Kier molecular flexibility index (Phi) is 4.82. The second-order valence-corrected chi connectivity index (χ2v) is 7.93. The molecule has 1 atom stereocenters. The van der Waals surface area contributed by atoms with Crippen molar-refractivity contribution in [3.05, 3.63) is 44.3 Å². The number of carbonyl (C=O) groups excluding carboxylic acids is 3. The van der Waals surface area contributed by atoms with Gasteiger partial charge >= 0.3 is 0 Å². The molecular formula is C17H18N2O3S2. The lowest BCUT2D eigenvalue weighted by molar-refractivity contribution is -0.127. The minimum absolute atomic E-state index is 0.0446. The van der Waals surface area contributed by atoms with Crippen molar-refractivity contribution < 1.29 is 14.4 Å². The van der Waals surface area contributed by atoms with Gasteiger partial charge in [-0.05, 0) is 36.4 Å². The van der Waals surface area contributed by atoms with Crippen LogP contribution in [0.2, 0.25) is 0 Å². The van der Waals surface area contributed by atoms with Crippen molar-refractivity contribution in [3.8, 4) is 0 Å². The number of carbonyl (C=O) groups is 3. The van der Waals surface area contributed by atoms with Crippen LogP contribution in [0.5, 0.6) is 0 Å². The lowest BCUT2D eigenvalue weighted by Crippen LogP contribution is -2.35. The summed E-state index contributed by atoms with van der Waals surface area (Å²) < 4.78 is 0. The van der Waals surface area contributed by atoms with Gasteiger partial charge in [-0.1, -0.05) is 6.07 Å². The van der Waals surface area contributed by atoms with Crippen LogP contribution in [0.15, 0.2) is 29.6 Å². The summed E-state index contributed by atoms with van der Waals surface area (Å²) in [5.74, 6) is -0.941. The lowest BCUT2D eigenvalue weighted by atomic mass is 10.1. The van der Waals surface area contributed by atoms with E-state index in [0.29, 0.717) is 16.3 Å². The zero-order valence-corrected chi connectivity index (χ0v) is 15.2. The summed E-state index contributed by atoms with van der Waals surface area (Å²) in [6.07, 6.45) is 1.68. The van der Waals surface area contributed by atoms with Gasteiger partial charge in [0.2, 0.25) is 0 Å². The number of thiophene rings is 2. The van der Waals surface area contributed by atoms with Crippen LogP contribution in [0.25, 0.3) is 0 Å². The molecule has 0 N–H and O–H groups in total. The third-order valence-electron chi connectivity index (χ3n) is 4.03. The Bertz CT molecular complexity index is 765. The van der Waals surface area contributed by atoms with E-state index in [4.69, 9.17) is 0 Å². The fourth-order valence-electron chi connectivity index (χ4n) is 2.82. The summed E-state index contributed by atoms with van der Waals surface area (Å²) >= 11 is 2.68. The molecule has 0 spiro atoms. The van der Waals surface area contributed by atoms with Gasteiger partial charge in [0.25, 0.3) is 17.6 Å². The maximum atomic E-state index is 12.6. The van der Waals surface area contributed by atoms with E-state index in [2.05, 4.69) is 0 Å². The third kappa shape index (κ3) is 3.14. The predicted molar refractivity (Wildman–Crippen MR) is 94.7 cm³/mol. The number of hydrogen-bond donors (Lipinski definition) is 0. The van der Waals surface area contributed by atoms with Gasteiger partial charge in [-0.2, -0.15) is 0 Å². The summed E-state index contributed by atoms with van der Waals surface area (Å²) in [4.78, 5) is 42.3. The molecule has 5 nitrogen and oxygen atoms in total. The van der Waals surface area contributed by atoms with Gasteiger partial charge in [0.05, 0.1) is 15.8 Å². The first kappa shape index (κ1) is 16.9. The molecule has 0 radical (unpaired) electrons. The molecule has 1 fully saturated rings. The predicted octanol–water partition coefficient (Wildman–Crippen LogP) is 3.06. The topological polar surface area (TPSA) is 57.7 Å². The van der Waals surface area contributed by atoms with Crippen LogP contribution >= 0.6 is 22.7 Å². The molecule has 2 aromatic heterocycles. The zero-order chi connectivity index (χ0) is 17.3. The van der Waals surface area contributed by atoms with Crippen molar-refractivity contribution in [1.29, 1.82) is 0 Å². The number of amides is 2. The molecule has 0 aromatic carbocycles. The first-order valence-electron chi connectivity index (χ1n) is 7.69. The van der Waals surface area contributed by atoms with E-state index < -0.39 is 11.7 Å². The average molecular weight is 362 g/mol. The molecule has 1 aliphatic heterocycles. The highest BCUT2D eigenvalue weighted by Gasteiger charge is 2.35. The van der Waals surface area contributed by atoms with Crippen LogP contribution in [0, 0.1) is 0 Å². The summed E-state index contributed by atoms with van der Waals surface area (Å²) in [7, 11) is 3.43. The van der Waals surface area contributed by atoms with Gasteiger partial charge in [0.15, 0.2) is 0 Å². The fourth-order valence-corrected chi connectivity index (χ4v) is 4.65. The summed E-state index contributed by atoms with van der Waals surface area (Å²) in [6.45, 7) is 0.579. The van der Waals surface area contributed by atoms with Crippen LogP contribution < -0.4 is 0 Å². The Morgan fingerprint density at radius 2 is 1.96 bits per heavy atom. The minimum Gasteiger partial charge on any atom is -0.344 e. The first-order valence-corrected chi connectivity index (χ1v) is 9.39. The van der Waals surface area contributed by atoms with Gasteiger partial charge < -0.3 is 9.80 Å². The molecule has 126 valence electrons.